The second kappa shape index (κ2) is 8.19. The summed E-state index contributed by atoms with van der Waals surface area (Å²) in [5.74, 6) is 1.78. The number of carbonyl (C=O) groups is 2. The van der Waals surface area contributed by atoms with Gasteiger partial charge in [0, 0.05) is 62.8 Å². The molecule has 0 bridgehead atoms. The van der Waals surface area contributed by atoms with Crippen LogP contribution >= 0.6 is 0 Å². The predicted octanol–water partition coefficient (Wildman–Crippen LogP) is 2.41. The van der Waals surface area contributed by atoms with Crippen molar-refractivity contribution in [2.45, 2.75) is 38.6 Å². The molecule has 1 unspecified atom stereocenters. The molecule has 2 aromatic rings. The van der Waals surface area contributed by atoms with Crippen molar-refractivity contribution in [1.29, 1.82) is 0 Å². The summed E-state index contributed by atoms with van der Waals surface area (Å²) >= 11 is 0. The van der Waals surface area contributed by atoms with E-state index in [9.17, 15) is 9.59 Å². The molecule has 1 saturated heterocycles. The van der Waals surface area contributed by atoms with Crippen LogP contribution in [0.3, 0.4) is 0 Å². The maximum absolute atomic E-state index is 12.9. The molecule has 29 heavy (non-hydrogen) atoms. The summed E-state index contributed by atoms with van der Waals surface area (Å²) in [7, 11) is 1.59. The normalized spacial score (nSPS) is 18.9. The predicted molar refractivity (Wildman–Crippen MR) is 108 cm³/mol. The maximum atomic E-state index is 12.9. The van der Waals surface area contributed by atoms with Crippen LogP contribution in [0.4, 0.5) is 0 Å². The summed E-state index contributed by atoms with van der Waals surface area (Å²) in [6.45, 7) is 4.26. The second-order valence-corrected chi connectivity index (χ2v) is 7.71. The Morgan fingerprint density at radius 1 is 1.21 bits per heavy atom. The number of amides is 2. The molecule has 1 fully saturated rings. The Morgan fingerprint density at radius 3 is 2.86 bits per heavy atom. The lowest BCUT2D eigenvalue weighted by molar-refractivity contribution is -0.130. The molecule has 1 aromatic carbocycles. The highest BCUT2D eigenvalue weighted by Crippen LogP contribution is 2.27. The molecule has 3 heterocycles. The van der Waals surface area contributed by atoms with Crippen LogP contribution in [0.15, 0.2) is 30.5 Å². The number of rotatable bonds is 3. The van der Waals surface area contributed by atoms with Crippen LogP contribution in [0.2, 0.25) is 0 Å². The van der Waals surface area contributed by atoms with Crippen LogP contribution in [0.5, 0.6) is 5.75 Å². The van der Waals surface area contributed by atoms with Gasteiger partial charge >= 0.3 is 0 Å². The van der Waals surface area contributed by atoms with Gasteiger partial charge < -0.3 is 14.5 Å². The number of aromatic nitrogens is 2. The molecule has 7 heteroatoms. The Labute approximate surface area is 170 Å². The van der Waals surface area contributed by atoms with E-state index < -0.39 is 0 Å². The van der Waals surface area contributed by atoms with E-state index >= 15 is 0 Å². The van der Waals surface area contributed by atoms with Gasteiger partial charge in [-0.25, -0.2) is 9.97 Å². The first-order valence-corrected chi connectivity index (χ1v) is 10.1. The molecule has 2 aliphatic rings. The van der Waals surface area contributed by atoms with Crippen molar-refractivity contribution in [3.8, 4) is 5.75 Å². The largest absolute Gasteiger partial charge is 0.497 e. The second-order valence-electron chi connectivity index (χ2n) is 7.71. The quantitative estimate of drug-likeness (QED) is 0.799. The number of methoxy groups -OCH3 is 1. The number of nitrogens with zero attached hydrogens (tertiary/aromatic N) is 4. The van der Waals surface area contributed by atoms with Crippen molar-refractivity contribution in [3.05, 3.63) is 53.1 Å². The molecular formula is C22H26N4O3. The summed E-state index contributed by atoms with van der Waals surface area (Å²) in [4.78, 5) is 37.7. The molecule has 4 rings (SSSR count). The van der Waals surface area contributed by atoms with Crippen LogP contribution in [0.1, 0.15) is 53.1 Å². The number of likely N-dealkylation sites (tertiary alicyclic amines) is 1. The van der Waals surface area contributed by atoms with Crippen LogP contribution in [-0.2, 0) is 17.8 Å². The fourth-order valence-corrected chi connectivity index (χ4v) is 4.11. The van der Waals surface area contributed by atoms with Gasteiger partial charge in [0.2, 0.25) is 5.91 Å². The molecule has 1 atom stereocenters. The molecule has 2 aliphatic heterocycles. The molecule has 7 nitrogen and oxygen atoms in total. The fraction of sp³-hybridized carbons (Fsp3) is 0.455. The third-order valence-corrected chi connectivity index (χ3v) is 5.79. The molecule has 0 radical (unpaired) electrons. The van der Waals surface area contributed by atoms with Crippen LogP contribution < -0.4 is 4.74 Å². The van der Waals surface area contributed by atoms with Crippen molar-refractivity contribution in [2.24, 2.45) is 0 Å². The summed E-state index contributed by atoms with van der Waals surface area (Å²) in [6, 6.07) is 7.23. The Balaban J connectivity index is 1.48. The van der Waals surface area contributed by atoms with Gasteiger partial charge in [0.1, 0.15) is 11.6 Å². The van der Waals surface area contributed by atoms with Crippen molar-refractivity contribution in [2.75, 3.05) is 26.7 Å². The zero-order chi connectivity index (χ0) is 20.4. The van der Waals surface area contributed by atoms with Crippen molar-refractivity contribution in [3.63, 3.8) is 0 Å². The Kier molecular flexibility index (Phi) is 5.47. The van der Waals surface area contributed by atoms with Gasteiger partial charge in [-0.05, 0) is 31.0 Å². The van der Waals surface area contributed by atoms with Crippen molar-refractivity contribution < 1.29 is 14.3 Å². The van der Waals surface area contributed by atoms with Crippen LogP contribution in [-0.4, -0.2) is 58.3 Å². The van der Waals surface area contributed by atoms with E-state index in [1.807, 2.05) is 34.2 Å². The number of fused-ring (bicyclic) bond motifs is 1. The lowest BCUT2D eigenvalue weighted by Crippen LogP contribution is -2.39. The van der Waals surface area contributed by atoms with E-state index in [4.69, 9.17) is 9.72 Å². The minimum atomic E-state index is -0.0111. The first-order valence-electron chi connectivity index (χ1n) is 10.1. The summed E-state index contributed by atoms with van der Waals surface area (Å²) in [5.41, 5.74) is 2.64. The van der Waals surface area contributed by atoms with E-state index in [1.54, 1.807) is 20.1 Å². The van der Waals surface area contributed by atoms with E-state index in [1.165, 1.54) is 0 Å². The van der Waals surface area contributed by atoms with Gasteiger partial charge in [0.05, 0.1) is 12.8 Å². The number of hydrogen-bond acceptors (Lipinski definition) is 5. The first-order chi connectivity index (χ1) is 14.0. The number of piperidine rings is 1. The van der Waals surface area contributed by atoms with Crippen molar-refractivity contribution in [1.82, 2.24) is 19.8 Å². The van der Waals surface area contributed by atoms with Gasteiger partial charge in [-0.3, -0.25) is 9.59 Å². The molecule has 0 N–H and O–H groups in total. The summed E-state index contributed by atoms with van der Waals surface area (Å²) in [5, 5.41) is 0. The molecule has 2 amide bonds. The monoisotopic (exact) mass is 394 g/mol. The van der Waals surface area contributed by atoms with E-state index in [0.29, 0.717) is 37.4 Å². The Bertz CT molecular complexity index is 930. The average Bonchev–Trinajstić information content (AvgIpc) is 2.78. The first kappa shape index (κ1) is 19.4. The third kappa shape index (κ3) is 4.09. The topological polar surface area (TPSA) is 75.6 Å². The Hall–Kier alpha value is -2.96. The zero-order valence-electron chi connectivity index (χ0n) is 16.9. The SMILES string of the molecule is COc1cccc(C(=O)N2CCc3nc(C4CCCN(C(C)=O)C4)ncc3C2)c1. The molecule has 0 spiro atoms. The lowest BCUT2D eigenvalue weighted by atomic mass is 9.96. The molecule has 0 aliphatic carbocycles. The molecule has 152 valence electrons. The maximum Gasteiger partial charge on any atom is 0.254 e. The standard InChI is InChI=1S/C22H26N4O3/c1-15(27)25-9-4-6-17(13-25)21-23-12-18-14-26(10-8-20(18)24-21)22(28)16-5-3-7-19(11-16)29-2/h3,5,7,11-12,17H,4,6,8-10,13-14H2,1-2H3. The lowest BCUT2D eigenvalue weighted by Gasteiger charge is -2.32. The molecule has 1 aromatic heterocycles. The highest BCUT2D eigenvalue weighted by Gasteiger charge is 2.28. The smallest absolute Gasteiger partial charge is 0.254 e. The van der Waals surface area contributed by atoms with Gasteiger partial charge in [0.15, 0.2) is 0 Å². The van der Waals surface area contributed by atoms with E-state index in [2.05, 4.69) is 4.98 Å². The van der Waals surface area contributed by atoms with Gasteiger partial charge in [-0.2, -0.15) is 0 Å². The number of benzene rings is 1. The summed E-state index contributed by atoms with van der Waals surface area (Å²) < 4.78 is 5.23. The van der Waals surface area contributed by atoms with Crippen LogP contribution in [0.25, 0.3) is 0 Å². The minimum Gasteiger partial charge on any atom is -0.497 e. The van der Waals surface area contributed by atoms with Gasteiger partial charge in [-0.15, -0.1) is 0 Å². The van der Waals surface area contributed by atoms with Gasteiger partial charge in [0.25, 0.3) is 5.91 Å². The highest BCUT2D eigenvalue weighted by atomic mass is 16.5. The number of carbonyl (C=O) groups excluding carboxylic acids is 2. The average molecular weight is 394 g/mol. The van der Waals surface area contributed by atoms with Crippen molar-refractivity contribution >= 4 is 11.8 Å². The van der Waals surface area contributed by atoms with E-state index in [0.717, 1.165) is 36.5 Å². The van der Waals surface area contributed by atoms with Crippen LogP contribution in [0, 0.1) is 0 Å². The highest BCUT2D eigenvalue weighted by molar-refractivity contribution is 5.94. The van der Waals surface area contributed by atoms with E-state index in [-0.39, 0.29) is 17.7 Å². The third-order valence-electron chi connectivity index (χ3n) is 5.79. The summed E-state index contributed by atoms with van der Waals surface area (Å²) in [6.07, 6.45) is 4.55. The fourth-order valence-electron chi connectivity index (χ4n) is 4.11. The number of ether oxygens (including phenoxy) is 1. The zero-order valence-corrected chi connectivity index (χ0v) is 16.9. The molecule has 0 saturated carbocycles. The number of hydrogen-bond donors (Lipinski definition) is 0. The Morgan fingerprint density at radius 2 is 2.07 bits per heavy atom. The van der Waals surface area contributed by atoms with Gasteiger partial charge in [-0.1, -0.05) is 6.07 Å². The minimum absolute atomic E-state index is 0.0111. The molecular weight excluding hydrogens is 368 g/mol.